The molecule has 1 heterocycles. The van der Waals surface area contributed by atoms with Crippen LogP contribution in [0.15, 0.2) is 48.5 Å². The number of amides is 1. The summed E-state index contributed by atoms with van der Waals surface area (Å²) in [5.74, 6) is -0.442. The first-order chi connectivity index (χ1) is 13.5. The van der Waals surface area contributed by atoms with E-state index in [-0.39, 0.29) is 11.4 Å². The molecular formula is C19H15F2N5O2. The minimum Gasteiger partial charge on any atom is -0.435 e. The van der Waals surface area contributed by atoms with Gasteiger partial charge in [-0.1, -0.05) is 18.2 Å². The summed E-state index contributed by atoms with van der Waals surface area (Å²) in [6, 6.07) is 14.4. The SMILES string of the molecule is CCc1c(C(=O)Nc2cccc(C#N)c2)nnn1-c1ccc(OC(F)F)cc1. The Kier molecular flexibility index (Phi) is 5.60. The number of carbonyl (C=O) groups is 1. The lowest BCUT2D eigenvalue weighted by molar-refractivity contribution is -0.0498. The first kappa shape index (κ1) is 19.0. The van der Waals surface area contributed by atoms with Crippen LogP contribution in [0, 0.1) is 11.3 Å². The molecule has 0 unspecified atom stereocenters. The first-order valence-corrected chi connectivity index (χ1v) is 8.33. The Labute approximate surface area is 159 Å². The third-order valence-electron chi connectivity index (χ3n) is 3.87. The lowest BCUT2D eigenvalue weighted by Gasteiger charge is -2.08. The van der Waals surface area contributed by atoms with Crippen molar-refractivity contribution in [2.24, 2.45) is 0 Å². The zero-order valence-electron chi connectivity index (χ0n) is 14.8. The number of carbonyl (C=O) groups excluding carboxylic acids is 1. The van der Waals surface area contributed by atoms with Crippen LogP contribution in [0.5, 0.6) is 5.75 Å². The fraction of sp³-hybridized carbons (Fsp3) is 0.158. The van der Waals surface area contributed by atoms with E-state index in [1.807, 2.05) is 13.0 Å². The number of hydrogen-bond donors (Lipinski definition) is 1. The van der Waals surface area contributed by atoms with E-state index in [1.165, 1.54) is 16.8 Å². The molecule has 0 fully saturated rings. The van der Waals surface area contributed by atoms with Crippen LogP contribution in [0.25, 0.3) is 5.69 Å². The van der Waals surface area contributed by atoms with Gasteiger partial charge in [-0.05, 0) is 48.9 Å². The third kappa shape index (κ3) is 4.12. The summed E-state index contributed by atoms with van der Waals surface area (Å²) in [5.41, 5.74) is 2.13. The molecule has 0 aliphatic carbocycles. The van der Waals surface area contributed by atoms with Crippen LogP contribution >= 0.6 is 0 Å². The average Bonchev–Trinajstić information content (AvgIpc) is 3.12. The highest BCUT2D eigenvalue weighted by Gasteiger charge is 2.20. The Morgan fingerprint density at radius 3 is 2.68 bits per heavy atom. The van der Waals surface area contributed by atoms with E-state index in [0.29, 0.717) is 29.1 Å². The Bertz CT molecular complexity index is 1030. The van der Waals surface area contributed by atoms with Crippen molar-refractivity contribution < 1.29 is 18.3 Å². The molecule has 1 N–H and O–H groups in total. The molecule has 3 rings (SSSR count). The zero-order chi connectivity index (χ0) is 20.1. The second-order valence-corrected chi connectivity index (χ2v) is 5.67. The maximum absolute atomic E-state index is 12.6. The molecular weight excluding hydrogens is 368 g/mol. The quantitative estimate of drug-likeness (QED) is 0.703. The molecule has 0 spiro atoms. The molecule has 142 valence electrons. The molecule has 1 aromatic heterocycles. The fourth-order valence-electron chi connectivity index (χ4n) is 2.63. The molecule has 2 aromatic carbocycles. The van der Waals surface area contributed by atoms with Crippen molar-refractivity contribution in [2.75, 3.05) is 5.32 Å². The molecule has 0 aliphatic rings. The van der Waals surface area contributed by atoms with E-state index in [9.17, 15) is 13.6 Å². The maximum atomic E-state index is 12.6. The molecule has 0 atom stereocenters. The number of alkyl halides is 2. The van der Waals surface area contributed by atoms with Gasteiger partial charge in [0.2, 0.25) is 0 Å². The van der Waals surface area contributed by atoms with Gasteiger partial charge in [0, 0.05) is 5.69 Å². The van der Waals surface area contributed by atoms with E-state index in [0.717, 1.165) is 0 Å². The van der Waals surface area contributed by atoms with Crippen molar-refractivity contribution >= 4 is 11.6 Å². The van der Waals surface area contributed by atoms with E-state index >= 15 is 0 Å². The summed E-state index contributed by atoms with van der Waals surface area (Å²) in [7, 11) is 0. The predicted molar refractivity (Wildman–Crippen MR) is 96.5 cm³/mol. The highest BCUT2D eigenvalue weighted by molar-refractivity contribution is 6.03. The molecule has 1 amide bonds. The topological polar surface area (TPSA) is 92.8 Å². The number of rotatable bonds is 6. The lowest BCUT2D eigenvalue weighted by Crippen LogP contribution is -2.15. The lowest BCUT2D eigenvalue weighted by atomic mass is 10.2. The van der Waals surface area contributed by atoms with Gasteiger partial charge in [-0.15, -0.1) is 5.10 Å². The second-order valence-electron chi connectivity index (χ2n) is 5.67. The number of anilines is 1. The largest absolute Gasteiger partial charge is 0.435 e. The molecule has 28 heavy (non-hydrogen) atoms. The van der Waals surface area contributed by atoms with Crippen molar-refractivity contribution in [1.29, 1.82) is 5.26 Å². The summed E-state index contributed by atoms with van der Waals surface area (Å²) < 4.78 is 30.3. The van der Waals surface area contributed by atoms with Gasteiger partial charge in [0.15, 0.2) is 5.69 Å². The summed E-state index contributed by atoms with van der Waals surface area (Å²) >= 11 is 0. The molecule has 0 radical (unpaired) electrons. The fourth-order valence-corrected chi connectivity index (χ4v) is 2.63. The van der Waals surface area contributed by atoms with Crippen molar-refractivity contribution in [1.82, 2.24) is 15.0 Å². The standard InChI is InChI=1S/C19H15F2N5O2/c1-2-16-17(18(27)23-13-5-3-4-12(10-13)11-22)24-25-26(16)14-6-8-15(9-7-14)28-19(20)21/h3-10,19H,2H2,1H3,(H,23,27). The molecule has 3 aromatic rings. The van der Waals surface area contributed by atoms with E-state index < -0.39 is 12.5 Å². The molecule has 0 saturated carbocycles. The number of benzene rings is 2. The summed E-state index contributed by atoms with van der Waals surface area (Å²) in [6.07, 6.45) is 0.462. The van der Waals surface area contributed by atoms with Crippen LogP contribution in [0.1, 0.15) is 28.7 Å². The Morgan fingerprint density at radius 1 is 1.29 bits per heavy atom. The van der Waals surface area contributed by atoms with Gasteiger partial charge in [0.25, 0.3) is 5.91 Å². The molecule has 0 aliphatic heterocycles. The van der Waals surface area contributed by atoms with Crippen molar-refractivity contribution in [2.45, 2.75) is 20.0 Å². The summed E-state index contributed by atoms with van der Waals surface area (Å²) in [4.78, 5) is 12.6. The molecule has 9 heteroatoms. The minimum absolute atomic E-state index is 0.0206. The van der Waals surface area contributed by atoms with Crippen LogP contribution in [0.2, 0.25) is 0 Å². The summed E-state index contributed by atoms with van der Waals surface area (Å²) in [5, 5.41) is 19.6. The normalized spacial score (nSPS) is 10.5. The van der Waals surface area contributed by atoms with Crippen molar-refractivity contribution in [3.05, 3.63) is 65.5 Å². The van der Waals surface area contributed by atoms with Crippen LogP contribution in [-0.4, -0.2) is 27.5 Å². The Balaban J connectivity index is 1.85. The highest BCUT2D eigenvalue weighted by atomic mass is 19.3. The smallest absolute Gasteiger partial charge is 0.387 e. The van der Waals surface area contributed by atoms with E-state index in [1.54, 1.807) is 36.4 Å². The van der Waals surface area contributed by atoms with Gasteiger partial charge in [-0.3, -0.25) is 4.79 Å². The molecule has 0 saturated heterocycles. The highest BCUT2D eigenvalue weighted by Crippen LogP contribution is 2.20. The monoisotopic (exact) mass is 383 g/mol. The maximum Gasteiger partial charge on any atom is 0.387 e. The number of nitriles is 1. The van der Waals surface area contributed by atoms with Crippen LogP contribution in [0.4, 0.5) is 14.5 Å². The van der Waals surface area contributed by atoms with E-state index in [4.69, 9.17) is 5.26 Å². The Morgan fingerprint density at radius 2 is 2.04 bits per heavy atom. The second kappa shape index (κ2) is 8.26. The summed E-state index contributed by atoms with van der Waals surface area (Å²) in [6.45, 7) is -1.06. The first-order valence-electron chi connectivity index (χ1n) is 8.33. The minimum atomic E-state index is -2.90. The van der Waals surface area contributed by atoms with Crippen molar-refractivity contribution in [3.63, 3.8) is 0 Å². The van der Waals surface area contributed by atoms with E-state index in [2.05, 4.69) is 20.4 Å². The van der Waals surface area contributed by atoms with Crippen LogP contribution < -0.4 is 10.1 Å². The number of nitrogens with one attached hydrogen (secondary N) is 1. The van der Waals surface area contributed by atoms with Crippen LogP contribution in [-0.2, 0) is 6.42 Å². The van der Waals surface area contributed by atoms with Gasteiger partial charge >= 0.3 is 6.61 Å². The molecule has 0 bridgehead atoms. The van der Waals surface area contributed by atoms with Gasteiger partial charge < -0.3 is 10.1 Å². The third-order valence-corrected chi connectivity index (χ3v) is 3.87. The average molecular weight is 383 g/mol. The van der Waals surface area contributed by atoms with Gasteiger partial charge in [0.05, 0.1) is 23.0 Å². The number of ether oxygens (including phenoxy) is 1. The van der Waals surface area contributed by atoms with Crippen molar-refractivity contribution in [3.8, 4) is 17.5 Å². The number of hydrogen-bond acceptors (Lipinski definition) is 5. The Hall–Kier alpha value is -3.80. The number of halogens is 2. The van der Waals surface area contributed by atoms with Gasteiger partial charge in [-0.25, -0.2) is 4.68 Å². The number of aromatic nitrogens is 3. The number of nitrogens with zero attached hydrogens (tertiary/aromatic N) is 4. The predicted octanol–water partition coefficient (Wildman–Crippen LogP) is 3.56. The van der Waals surface area contributed by atoms with Crippen LogP contribution in [0.3, 0.4) is 0 Å². The molecule has 7 nitrogen and oxygen atoms in total. The van der Waals surface area contributed by atoms with Gasteiger partial charge in [-0.2, -0.15) is 14.0 Å². The zero-order valence-corrected chi connectivity index (χ0v) is 14.8. The van der Waals surface area contributed by atoms with Gasteiger partial charge in [0.1, 0.15) is 5.75 Å².